The third-order valence-corrected chi connectivity index (χ3v) is 3.34. The van der Waals surface area contributed by atoms with E-state index in [9.17, 15) is 0 Å². The second kappa shape index (κ2) is 8.08. The van der Waals surface area contributed by atoms with Crippen LogP contribution in [0.5, 0.6) is 5.75 Å². The molecule has 0 atom stereocenters. The molecule has 17 heavy (non-hydrogen) atoms. The van der Waals surface area contributed by atoms with E-state index in [1.807, 2.05) is 23.9 Å². The first kappa shape index (κ1) is 14.0. The zero-order chi connectivity index (χ0) is 12.5. The first-order valence-electron chi connectivity index (χ1n) is 5.64. The summed E-state index contributed by atoms with van der Waals surface area (Å²) in [6.07, 6.45) is 0.856. The van der Waals surface area contributed by atoms with Crippen molar-refractivity contribution in [3.63, 3.8) is 0 Å². The Bertz CT molecular complexity index is 334. The predicted octanol–water partition coefficient (Wildman–Crippen LogP) is 1.80. The molecule has 0 radical (unpaired) electrons. The molecule has 0 saturated carbocycles. The van der Waals surface area contributed by atoms with E-state index in [4.69, 9.17) is 15.6 Å². The van der Waals surface area contributed by atoms with Crippen LogP contribution in [0.1, 0.15) is 6.42 Å². The molecule has 0 fully saturated rings. The van der Waals surface area contributed by atoms with Crippen LogP contribution < -0.4 is 15.8 Å². The van der Waals surface area contributed by atoms with Gasteiger partial charge in [-0.25, -0.2) is 0 Å². The summed E-state index contributed by atoms with van der Waals surface area (Å²) in [5.74, 6) is 2.77. The van der Waals surface area contributed by atoms with Crippen LogP contribution in [0.2, 0.25) is 0 Å². The lowest BCUT2D eigenvalue weighted by Crippen LogP contribution is -2.07. The van der Waals surface area contributed by atoms with E-state index in [-0.39, 0.29) is 6.61 Å². The number of benzene rings is 1. The molecule has 1 aromatic rings. The van der Waals surface area contributed by atoms with Gasteiger partial charge in [0.1, 0.15) is 5.75 Å². The molecule has 4 nitrogen and oxygen atoms in total. The zero-order valence-electron chi connectivity index (χ0n) is 10.1. The topological polar surface area (TPSA) is 67.5 Å². The van der Waals surface area contributed by atoms with Crippen molar-refractivity contribution in [2.24, 2.45) is 0 Å². The van der Waals surface area contributed by atoms with Crippen molar-refractivity contribution >= 4 is 23.1 Å². The Morgan fingerprint density at radius 2 is 2.24 bits per heavy atom. The highest BCUT2D eigenvalue weighted by Gasteiger charge is 2.00. The van der Waals surface area contributed by atoms with Gasteiger partial charge in [0, 0.05) is 25.0 Å². The molecule has 0 aliphatic carbocycles. The maximum Gasteiger partial charge on any atom is 0.121 e. The lowest BCUT2D eigenvalue weighted by molar-refractivity contribution is 0.296. The summed E-state index contributed by atoms with van der Waals surface area (Å²) in [7, 11) is 1.62. The Morgan fingerprint density at radius 3 is 2.88 bits per heavy atom. The second-order valence-corrected chi connectivity index (χ2v) is 4.79. The number of ether oxygens (including phenoxy) is 1. The number of rotatable bonds is 8. The fourth-order valence-corrected chi connectivity index (χ4v) is 2.14. The van der Waals surface area contributed by atoms with E-state index in [1.165, 1.54) is 0 Å². The minimum Gasteiger partial charge on any atom is -0.497 e. The van der Waals surface area contributed by atoms with Crippen molar-refractivity contribution in [3.8, 4) is 5.75 Å². The number of aliphatic hydroxyl groups excluding tert-OH is 1. The molecule has 0 aromatic heterocycles. The number of hydrogen-bond acceptors (Lipinski definition) is 5. The summed E-state index contributed by atoms with van der Waals surface area (Å²) in [6.45, 7) is 1.14. The van der Waals surface area contributed by atoms with Crippen LogP contribution in [0.25, 0.3) is 0 Å². The van der Waals surface area contributed by atoms with Crippen LogP contribution in [-0.4, -0.2) is 36.9 Å². The molecule has 0 spiro atoms. The van der Waals surface area contributed by atoms with Crippen molar-refractivity contribution < 1.29 is 9.84 Å². The lowest BCUT2D eigenvalue weighted by atomic mass is 10.2. The molecule has 0 heterocycles. The summed E-state index contributed by atoms with van der Waals surface area (Å²) in [4.78, 5) is 0. The maximum atomic E-state index is 8.63. The van der Waals surface area contributed by atoms with Gasteiger partial charge in [-0.3, -0.25) is 0 Å². The van der Waals surface area contributed by atoms with Crippen LogP contribution in [0.4, 0.5) is 11.4 Å². The zero-order valence-corrected chi connectivity index (χ0v) is 10.9. The Hall–Kier alpha value is -1.07. The number of methoxy groups -OCH3 is 1. The number of nitrogens with one attached hydrogen (secondary N) is 1. The Morgan fingerprint density at radius 1 is 1.41 bits per heavy atom. The van der Waals surface area contributed by atoms with Gasteiger partial charge in [0.05, 0.1) is 18.5 Å². The minimum atomic E-state index is 0.270. The summed E-state index contributed by atoms with van der Waals surface area (Å²) in [6, 6.07) is 5.62. The number of aliphatic hydroxyl groups is 1. The number of thioether (sulfide) groups is 1. The van der Waals surface area contributed by atoms with E-state index >= 15 is 0 Å². The summed E-state index contributed by atoms with van der Waals surface area (Å²) in [5, 5.41) is 11.9. The number of hydrogen-bond donors (Lipinski definition) is 3. The average molecular weight is 256 g/mol. The monoisotopic (exact) mass is 256 g/mol. The van der Waals surface area contributed by atoms with Gasteiger partial charge >= 0.3 is 0 Å². The standard InChI is InChI=1S/C12H20N2O2S/c1-16-10-3-4-12(11(13)9-10)14-5-8-17-7-2-6-15/h3-4,9,14-15H,2,5-8,13H2,1H3. The molecule has 0 amide bonds. The normalized spacial score (nSPS) is 10.2. The number of anilines is 2. The number of nitrogens with two attached hydrogens (primary N) is 1. The highest BCUT2D eigenvalue weighted by Crippen LogP contribution is 2.23. The molecule has 1 rings (SSSR count). The van der Waals surface area contributed by atoms with Crippen LogP contribution in [0.3, 0.4) is 0 Å². The average Bonchev–Trinajstić information content (AvgIpc) is 2.35. The van der Waals surface area contributed by atoms with Gasteiger partial charge < -0.3 is 20.9 Å². The molecule has 5 heteroatoms. The van der Waals surface area contributed by atoms with E-state index in [2.05, 4.69) is 5.32 Å². The first-order chi connectivity index (χ1) is 8.27. The van der Waals surface area contributed by atoms with Crippen LogP contribution in [-0.2, 0) is 0 Å². The Kier molecular flexibility index (Phi) is 6.65. The summed E-state index contributed by atoms with van der Waals surface area (Å²) in [5.41, 5.74) is 7.51. The third-order valence-electron chi connectivity index (χ3n) is 2.27. The van der Waals surface area contributed by atoms with Crippen molar-refractivity contribution in [2.75, 3.05) is 42.8 Å². The molecule has 0 aliphatic heterocycles. The molecule has 4 N–H and O–H groups in total. The summed E-state index contributed by atoms with van der Waals surface area (Å²) < 4.78 is 5.08. The van der Waals surface area contributed by atoms with E-state index in [0.29, 0.717) is 5.69 Å². The predicted molar refractivity (Wildman–Crippen MR) is 74.9 cm³/mol. The van der Waals surface area contributed by atoms with Gasteiger partial charge in [-0.05, 0) is 24.3 Å². The minimum absolute atomic E-state index is 0.270. The molecule has 0 aliphatic rings. The van der Waals surface area contributed by atoms with E-state index in [0.717, 1.165) is 35.9 Å². The van der Waals surface area contributed by atoms with Gasteiger partial charge in [0.25, 0.3) is 0 Å². The molecule has 0 saturated heterocycles. The Balaban J connectivity index is 2.27. The van der Waals surface area contributed by atoms with Crippen LogP contribution in [0.15, 0.2) is 18.2 Å². The highest BCUT2D eigenvalue weighted by atomic mass is 32.2. The number of nitrogen functional groups attached to an aromatic ring is 1. The fraction of sp³-hybridized carbons (Fsp3) is 0.500. The highest BCUT2D eigenvalue weighted by molar-refractivity contribution is 7.99. The molecule has 0 unspecified atom stereocenters. The maximum absolute atomic E-state index is 8.63. The van der Waals surface area contributed by atoms with Gasteiger partial charge in [0.15, 0.2) is 0 Å². The van der Waals surface area contributed by atoms with Crippen molar-refractivity contribution in [1.82, 2.24) is 0 Å². The summed E-state index contributed by atoms with van der Waals surface area (Å²) >= 11 is 1.82. The van der Waals surface area contributed by atoms with Gasteiger partial charge in [-0.2, -0.15) is 11.8 Å². The fourth-order valence-electron chi connectivity index (χ4n) is 1.36. The van der Waals surface area contributed by atoms with Crippen LogP contribution >= 0.6 is 11.8 Å². The first-order valence-corrected chi connectivity index (χ1v) is 6.79. The second-order valence-electron chi connectivity index (χ2n) is 3.57. The molecule has 1 aromatic carbocycles. The molecular formula is C12H20N2O2S. The Labute approximate surface area is 107 Å². The van der Waals surface area contributed by atoms with Crippen LogP contribution in [0, 0.1) is 0 Å². The SMILES string of the molecule is COc1ccc(NCCSCCCO)c(N)c1. The van der Waals surface area contributed by atoms with Crippen molar-refractivity contribution in [1.29, 1.82) is 0 Å². The van der Waals surface area contributed by atoms with Crippen molar-refractivity contribution in [2.45, 2.75) is 6.42 Å². The van der Waals surface area contributed by atoms with Gasteiger partial charge in [0.2, 0.25) is 0 Å². The van der Waals surface area contributed by atoms with Crippen molar-refractivity contribution in [3.05, 3.63) is 18.2 Å². The lowest BCUT2D eigenvalue weighted by Gasteiger charge is -2.10. The quantitative estimate of drug-likeness (QED) is 0.489. The van der Waals surface area contributed by atoms with Gasteiger partial charge in [-0.15, -0.1) is 0 Å². The van der Waals surface area contributed by atoms with E-state index in [1.54, 1.807) is 13.2 Å². The largest absolute Gasteiger partial charge is 0.497 e. The molecular weight excluding hydrogens is 236 g/mol. The molecule has 96 valence electrons. The third kappa shape index (κ3) is 5.19. The molecule has 0 bridgehead atoms. The van der Waals surface area contributed by atoms with E-state index < -0.39 is 0 Å². The van der Waals surface area contributed by atoms with Gasteiger partial charge in [-0.1, -0.05) is 0 Å². The smallest absolute Gasteiger partial charge is 0.121 e.